The average Bonchev–Trinajstić information content (AvgIpc) is 2.93. The van der Waals surface area contributed by atoms with Gasteiger partial charge < -0.3 is 19.6 Å². The van der Waals surface area contributed by atoms with Crippen LogP contribution in [-0.2, 0) is 11.3 Å². The molecule has 110 valence electrons. The van der Waals surface area contributed by atoms with E-state index in [1.54, 1.807) is 6.07 Å². The van der Waals surface area contributed by atoms with Gasteiger partial charge in [-0.2, -0.15) is 0 Å². The van der Waals surface area contributed by atoms with Crippen LogP contribution in [0.5, 0.6) is 5.75 Å². The number of rotatable bonds is 5. The van der Waals surface area contributed by atoms with E-state index in [9.17, 15) is 20.0 Å². The smallest absolute Gasteiger partial charge is 0.374 e. The van der Waals surface area contributed by atoms with Crippen molar-refractivity contribution in [1.29, 1.82) is 0 Å². The number of phenolic OH excluding ortho intramolecular Hbond substituents is 1. The second kappa shape index (κ2) is 5.95. The Morgan fingerprint density at radius 2 is 2.24 bits per heavy atom. The van der Waals surface area contributed by atoms with Crippen molar-refractivity contribution in [3.05, 3.63) is 52.0 Å². The minimum Gasteiger partial charge on any atom is -0.508 e. The van der Waals surface area contributed by atoms with Gasteiger partial charge in [-0.1, -0.05) is 0 Å². The molecule has 2 rings (SSSR count). The van der Waals surface area contributed by atoms with Crippen molar-refractivity contribution in [3.8, 4) is 5.75 Å². The van der Waals surface area contributed by atoms with Gasteiger partial charge in [-0.15, -0.1) is 0 Å². The molecule has 2 N–H and O–H groups in total. The normalized spacial score (nSPS) is 10.1. The predicted molar refractivity (Wildman–Crippen MR) is 72.1 cm³/mol. The number of nitro groups is 1. The van der Waals surface area contributed by atoms with E-state index < -0.39 is 10.9 Å². The van der Waals surface area contributed by atoms with E-state index in [1.807, 2.05) is 0 Å². The van der Waals surface area contributed by atoms with Crippen LogP contribution in [0.4, 0.5) is 11.4 Å². The molecule has 8 heteroatoms. The summed E-state index contributed by atoms with van der Waals surface area (Å²) < 4.78 is 9.58. The topological polar surface area (TPSA) is 115 Å². The van der Waals surface area contributed by atoms with Crippen molar-refractivity contribution in [1.82, 2.24) is 0 Å². The Kier molecular flexibility index (Phi) is 4.07. The quantitative estimate of drug-likeness (QED) is 0.376. The number of hydrogen-bond acceptors (Lipinski definition) is 7. The van der Waals surface area contributed by atoms with Crippen molar-refractivity contribution in [3.63, 3.8) is 0 Å². The van der Waals surface area contributed by atoms with Gasteiger partial charge in [0, 0.05) is 12.1 Å². The molecule has 1 aromatic heterocycles. The van der Waals surface area contributed by atoms with Crippen molar-refractivity contribution >= 4 is 17.3 Å². The second-order valence-electron chi connectivity index (χ2n) is 4.08. The van der Waals surface area contributed by atoms with Gasteiger partial charge in [0.25, 0.3) is 5.69 Å². The van der Waals surface area contributed by atoms with E-state index in [0.29, 0.717) is 5.56 Å². The Morgan fingerprint density at radius 1 is 1.48 bits per heavy atom. The highest BCUT2D eigenvalue weighted by atomic mass is 16.6. The largest absolute Gasteiger partial charge is 0.508 e. The van der Waals surface area contributed by atoms with E-state index in [-0.39, 0.29) is 29.4 Å². The molecule has 0 atom stereocenters. The fourth-order valence-corrected chi connectivity index (χ4v) is 1.76. The molecule has 0 fully saturated rings. The molecule has 2 aromatic rings. The van der Waals surface area contributed by atoms with Gasteiger partial charge >= 0.3 is 5.97 Å². The summed E-state index contributed by atoms with van der Waals surface area (Å²) in [4.78, 5) is 21.7. The molecule has 0 aliphatic heterocycles. The van der Waals surface area contributed by atoms with Gasteiger partial charge in [0.15, 0.2) is 0 Å². The SMILES string of the molecule is COC(=O)c1occc1CNc1ccc(O)cc1[N+](=O)[O-]. The lowest BCUT2D eigenvalue weighted by Gasteiger charge is -2.07. The molecule has 0 unspecified atom stereocenters. The van der Waals surface area contributed by atoms with Gasteiger partial charge in [-0.3, -0.25) is 10.1 Å². The number of nitrogens with zero attached hydrogens (tertiary/aromatic N) is 1. The minimum atomic E-state index is -0.628. The first-order valence-electron chi connectivity index (χ1n) is 5.89. The molecule has 0 saturated heterocycles. The molecule has 0 amide bonds. The molecule has 1 heterocycles. The molecule has 0 spiro atoms. The number of hydrogen-bond donors (Lipinski definition) is 2. The van der Waals surface area contributed by atoms with Crippen LogP contribution in [0.2, 0.25) is 0 Å². The zero-order chi connectivity index (χ0) is 15.4. The van der Waals surface area contributed by atoms with Crippen molar-refractivity contribution < 1.29 is 24.0 Å². The number of aromatic hydroxyl groups is 1. The van der Waals surface area contributed by atoms with E-state index >= 15 is 0 Å². The van der Waals surface area contributed by atoms with Crippen LogP contribution in [0.15, 0.2) is 34.9 Å². The van der Waals surface area contributed by atoms with Crippen LogP contribution in [0.25, 0.3) is 0 Å². The molecule has 8 nitrogen and oxygen atoms in total. The Hall–Kier alpha value is -3.03. The van der Waals surface area contributed by atoms with Crippen molar-refractivity contribution in [2.45, 2.75) is 6.54 Å². The first-order valence-corrected chi connectivity index (χ1v) is 5.89. The summed E-state index contributed by atoms with van der Waals surface area (Å²) in [5.41, 5.74) is 0.456. The summed E-state index contributed by atoms with van der Waals surface area (Å²) in [5, 5.41) is 23.0. The number of methoxy groups -OCH3 is 1. The number of carbonyl (C=O) groups is 1. The van der Waals surface area contributed by atoms with Crippen LogP contribution in [0, 0.1) is 10.1 Å². The Morgan fingerprint density at radius 3 is 2.90 bits per heavy atom. The van der Waals surface area contributed by atoms with E-state index in [1.165, 1.54) is 25.5 Å². The molecule has 0 aliphatic carbocycles. The summed E-state index contributed by atoms with van der Waals surface area (Å²) in [6, 6.07) is 5.31. The molecular formula is C13H12N2O6. The van der Waals surface area contributed by atoms with Gasteiger partial charge in [0.1, 0.15) is 11.4 Å². The number of esters is 1. The average molecular weight is 292 g/mol. The highest BCUT2D eigenvalue weighted by Gasteiger charge is 2.18. The molecule has 1 aromatic carbocycles. The lowest BCUT2D eigenvalue weighted by molar-refractivity contribution is -0.384. The Balaban J connectivity index is 2.19. The molecule has 0 aliphatic rings. The molecule has 0 saturated carbocycles. The number of carbonyl (C=O) groups excluding carboxylic acids is 1. The lowest BCUT2D eigenvalue weighted by Crippen LogP contribution is -2.07. The lowest BCUT2D eigenvalue weighted by atomic mass is 10.2. The van der Waals surface area contributed by atoms with Crippen LogP contribution in [0.3, 0.4) is 0 Å². The molecule has 0 bridgehead atoms. The number of ether oxygens (including phenoxy) is 1. The fourth-order valence-electron chi connectivity index (χ4n) is 1.76. The fraction of sp³-hybridized carbons (Fsp3) is 0.154. The van der Waals surface area contributed by atoms with Crippen LogP contribution >= 0.6 is 0 Å². The maximum absolute atomic E-state index is 11.4. The molecule has 21 heavy (non-hydrogen) atoms. The third-order valence-electron chi connectivity index (χ3n) is 2.76. The highest BCUT2D eigenvalue weighted by molar-refractivity contribution is 5.88. The minimum absolute atomic E-state index is 0.0337. The number of benzene rings is 1. The third-order valence-corrected chi connectivity index (χ3v) is 2.76. The predicted octanol–water partition coefficient (Wildman–Crippen LogP) is 2.29. The number of nitrogens with one attached hydrogen (secondary N) is 1. The first kappa shape index (κ1) is 14.4. The zero-order valence-electron chi connectivity index (χ0n) is 11.0. The van der Waals surface area contributed by atoms with Crippen molar-refractivity contribution in [2.24, 2.45) is 0 Å². The zero-order valence-corrected chi connectivity index (χ0v) is 11.0. The van der Waals surface area contributed by atoms with E-state index in [0.717, 1.165) is 6.07 Å². The first-order chi connectivity index (χ1) is 10.0. The number of nitro benzene ring substituents is 1. The summed E-state index contributed by atoms with van der Waals surface area (Å²) >= 11 is 0. The van der Waals surface area contributed by atoms with Crippen LogP contribution in [-0.4, -0.2) is 23.1 Å². The number of phenols is 1. The van der Waals surface area contributed by atoms with Gasteiger partial charge in [-0.25, -0.2) is 4.79 Å². The van der Waals surface area contributed by atoms with Crippen molar-refractivity contribution in [2.75, 3.05) is 12.4 Å². The second-order valence-corrected chi connectivity index (χ2v) is 4.08. The van der Waals surface area contributed by atoms with E-state index in [2.05, 4.69) is 10.1 Å². The summed E-state index contributed by atoms with van der Waals surface area (Å²) in [7, 11) is 1.23. The molecule has 0 radical (unpaired) electrons. The van der Waals surface area contributed by atoms with Gasteiger partial charge in [0.2, 0.25) is 5.76 Å². The third kappa shape index (κ3) is 3.11. The Bertz CT molecular complexity index is 679. The number of anilines is 1. The Labute approximate surface area is 119 Å². The maximum atomic E-state index is 11.4. The number of furan rings is 1. The summed E-state index contributed by atoms with van der Waals surface area (Å²) in [5.74, 6) is -0.797. The van der Waals surface area contributed by atoms with E-state index in [4.69, 9.17) is 4.42 Å². The standard InChI is InChI=1S/C13H12N2O6/c1-20-13(17)12-8(4-5-21-12)7-14-10-3-2-9(16)6-11(10)15(18)19/h2-6,14,16H,7H2,1H3. The highest BCUT2D eigenvalue weighted by Crippen LogP contribution is 2.29. The van der Waals surface area contributed by atoms with Gasteiger partial charge in [0.05, 0.1) is 24.4 Å². The molecular weight excluding hydrogens is 280 g/mol. The maximum Gasteiger partial charge on any atom is 0.374 e. The van der Waals surface area contributed by atoms with Crippen LogP contribution < -0.4 is 5.32 Å². The van der Waals surface area contributed by atoms with Crippen LogP contribution in [0.1, 0.15) is 16.1 Å². The summed E-state index contributed by atoms with van der Waals surface area (Å²) in [6.07, 6.45) is 1.33. The van der Waals surface area contributed by atoms with Gasteiger partial charge in [-0.05, 0) is 18.2 Å². The monoisotopic (exact) mass is 292 g/mol. The summed E-state index contributed by atoms with van der Waals surface area (Å²) in [6.45, 7) is 0.131.